The lowest BCUT2D eigenvalue weighted by Gasteiger charge is -2.12. The lowest BCUT2D eigenvalue weighted by atomic mass is 10.1. The van der Waals surface area contributed by atoms with Gasteiger partial charge in [-0.05, 0) is 41.6 Å². The van der Waals surface area contributed by atoms with Gasteiger partial charge in [-0.1, -0.05) is 0 Å². The molecule has 0 fully saturated rings. The van der Waals surface area contributed by atoms with E-state index in [9.17, 15) is 4.79 Å². The quantitative estimate of drug-likeness (QED) is 0.740. The molecule has 0 spiro atoms. The zero-order valence-electron chi connectivity index (χ0n) is 11.3. The van der Waals surface area contributed by atoms with Crippen LogP contribution in [0.15, 0.2) is 43.0 Å². The van der Waals surface area contributed by atoms with Crippen molar-refractivity contribution in [3.63, 3.8) is 0 Å². The van der Waals surface area contributed by atoms with Crippen molar-refractivity contribution in [3.05, 3.63) is 54.1 Å². The number of aromatic amines is 1. The SMILES string of the molecule is CC(NC(=O)c1ccc(-n2cnnn2)cc1)c1cn[nH]c1. The third-order valence-electron chi connectivity index (χ3n) is 3.11. The number of carbonyl (C=O) groups excluding carboxylic acids is 1. The molecule has 3 aromatic rings. The maximum atomic E-state index is 12.2. The van der Waals surface area contributed by atoms with Gasteiger partial charge in [-0.25, -0.2) is 4.68 Å². The minimum atomic E-state index is -0.146. The summed E-state index contributed by atoms with van der Waals surface area (Å²) in [6, 6.07) is 6.92. The van der Waals surface area contributed by atoms with Gasteiger partial charge in [-0.3, -0.25) is 9.89 Å². The Morgan fingerprint density at radius 2 is 2.14 bits per heavy atom. The molecule has 1 amide bonds. The minimum absolute atomic E-state index is 0.115. The second-order valence-electron chi connectivity index (χ2n) is 4.53. The fourth-order valence-corrected chi connectivity index (χ4v) is 1.91. The van der Waals surface area contributed by atoms with Crippen LogP contribution in [-0.4, -0.2) is 36.3 Å². The van der Waals surface area contributed by atoms with E-state index in [1.807, 2.05) is 6.92 Å². The van der Waals surface area contributed by atoms with Crippen LogP contribution in [0.3, 0.4) is 0 Å². The molecule has 8 heteroatoms. The number of nitrogens with one attached hydrogen (secondary N) is 2. The molecule has 0 aliphatic rings. The summed E-state index contributed by atoms with van der Waals surface area (Å²) < 4.78 is 1.52. The minimum Gasteiger partial charge on any atom is -0.345 e. The summed E-state index contributed by atoms with van der Waals surface area (Å²) in [5.41, 5.74) is 2.29. The number of hydrogen-bond donors (Lipinski definition) is 2. The number of benzene rings is 1. The Kier molecular flexibility index (Phi) is 3.42. The molecule has 0 bridgehead atoms. The lowest BCUT2D eigenvalue weighted by molar-refractivity contribution is 0.0940. The smallest absolute Gasteiger partial charge is 0.251 e. The van der Waals surface area contributed by atoms with E-state index in [2.05, 4.69) is 31.0 Å². The van der Waals surface area contributed by atoms with Gasteiger partial charge in [0.15, 0.2) is 0 Å². The van der Waals surface area contributed by atoms with Gasteiger partial charge in [0.2, 0.25) is 0 Å². The Hall–Kier alpha value is -3.03. The molecule has 2 N–H and O–H groups in total. The van der Waals surface area contributed by atoms with Crippen molar-refractivity contribution in [2.24, 2.45) is 0 Å². The van der Waals surface area contributed by atoms with E-state index >= 15 is 0 Å². The highest BCUT2D eigenvalue weighted by Gasteiger charge is 2.12. The molecule has 1 unspecified atom stereocenters. The zero-order chi connectivity index (χ0) is 14.7. The van der Waals surface area contributed by atoms with Crippen molar-refractivity contribution in [2.75, 3.05) is 0 Å². The van der Waals surface area contributed by atoms with Crippen LogP contribution in [0, 0.1) is 0 Å². The first-order valence-electron chi connectivity index (χ1n) is 6.37. The standard InChI is InChI=1S/C13H13N7O/c1-9(11-6-14-15-7-11)17-13(21)10-2-4-12(5-3-10)20-8-16-18-19-20/h2-9H,1H3,(H,14,15)(H,17,21). The van der Waals surface area contributed by atoms with Gasteiger partial charge in [0, 0.05) is 17.3 Å². The molecule has 21 heavy (non-hydrogen) atoms. The number of hydrogen-bond acceptors (Lipinski definition) is 5. The predicted molar refractivity (Wildman–Crippen MR) is 73.6 cm³/mol. The fraction of sp³-hybridized carbons (Fsp3) is 0.154. The molecule has 0 saturated heterocycles. The third kappa shape index (κ3) is 2.78. The summed E-state index contributed by atoms with van der Waals surface area (Å²) in [6.07, 6.45) is 4.94. The highest BCUT2D eigenvalue weighted by molar-refractivity contribution is 5.94. The summed E-state index contributed by atoms with van der Waals surface area (Å²) in [7, 11) is 0. The zero-order valence-corrected chi connectivity index (χ0v) is 11.3. The monoisotopic (exact) mass is 283 g/mol. The van der Waals surface area contributed by atoms with Crippen LogP contribution in [0.2, 0.25) is 0 Å². The summed E-state index contributed by atoms with van der Waals surface area (Å²) in [5.74, 6) is -0.146. The summed E-state index contributed by atoms with van der Waals surface area (Å²) in [4.78, 5) is 12.2. The Morgan fingerprint density at radius 1 is 1.33 bits per heavy atom. The van der Waals surface area contributed by atoms with Gasteiger partial charge in [-0.15, -0.1) is 5.10 Å². The van der Waals surface area contributed by atoms with Gasteiger partial charge in [0.1, 0.15) is 6.33 Å². The molecule has 1 aromatic carbocycles. The molecule has 0 aliphatic carbocycles. The van der Waals surface area contributed by atoms with Gasteiger partial charge in [0.25, 0.3) is 5.91 Å². The van der Waals surface area contributed by atoms with Gasteiger partial charge in [-0.2, -0.15) is 5.10 Å². The van der Waals surface area contributed by atoms with E-state index < -0.39 is 0 Å². The topological polar surface area (TPSA) is 101 Å². The highest BCUT2D eigenvalue weighted by atomic mass is 16.1. The average Bonchev–Trinajstić information content (AvgIpc) is 3.20. The summed E-state index contributed by atoms with van der Waals surface area (Å²) >= 11 is 0. The number of tetrazole rings is 1. The average molecular weight is 283 g/mol. The van der Waals surface area contributed by atoms with Crippen molar-refractivity contribution < 1.29 is 4.79 Å². The first-order valence-corrected chi connectivity index (χ1v) is 6.37. The summed E-state index contributed by atoms with van der Waals surface area (Å²) in [5, 5.41) is 20.4. The number of H-pyrrole nitrogens is 1. The molecular formula is C13H13N7O. The Labute approximate surface area is 120 Å². The maximum absolute atomic E-state index is 12.2. The number of carbonyl (C=O) groups is 1. The van der Waals surface area contributed by atoms with Crippen LogP contribution in [0.4, 0.5) is 0 Å². The molecule has 0 radical (unpaired) electrons. The summed E-state index contributed by atoms with van der Waals surface area (Å²) in [6.45, 7) is 1.90. The van der Waals surface area contributed by atoms with Gasteiger partial charge < -0.3 is 5.32 Å². The number of nitrogens with zero attached hydrogens (tertiary/aromatic N) is 5. The largest absolute Gasteiger partial charge is 0.345 e. The normalized spacial score (nSPS) is 12.0. The van der Waals surface area contributed by atoms with E-state index in [4.69, 9.17) is 0 Å². The highest BCUT2D eigenvalue weighted by Crippen LogP contribution is 2.12. The number of amides is 1. The number of aromatic nitrogens is 6. The molecule has 1 atom stereocenters. The van der Waals surface area contributed by atoms with E-state index in [0.29, 0.717) is 5.56 Å². The van der Waals surface area contributed by atoms with Gasteiger partial charge >= 0.3 is 0 Å². The van der Waals surface area contributed by atoms with E-state index in [1.165, 1.54) is 11.0 Å². The maximum Gasteiger partial charge on any atom is 0.251 e. The first kappa shape index (κ1) is 13.0. The first-order chi connectivity index (χ1) is 10.2. The van der Waals surface area contributed by atoms with Crippen LogP contribution in [0.25, 0.3) is 5.69 Å². The second kappa shape index (κ2) is 5.53. The van der Waals surface area contributed by atoms with Crippen LogP contribution in [0.1, 0.15) is 28.9 Å². The molecule has 2 heterocycles. The van der Waals surface area contributed by atoms with Crippen molar-refractivity contribution in [2.45, 2.75) is 13.0 Å². The predicted octanol–water partition coefficient (Wildman–Crippen LogP) is 0.876. The van der Waals surface area contributed by atoms with E-state index in [-0.39, 0.29) is 11.9 Å². The molecule has 0 saturated carbocycles. The van der Waals surface area contributed by atoms with Crippen molar-refractivity contribution in [3.8, 4) is 5.69 Å². The molecule has 8 nitrogen and oxygen atoms in total. The van der Waals surface area contributed by atoms with Gasteiger partial charge in [0.05, 0.1) is 17.9 Å². The van der Waals surface area contributed by atoms with Crippen molar-refractivity contribution in [1.82, 2.24) is 35.7 Å². The molecule has 106 valence electrons. The van der Waals surface area contributed by atoms with Crippen molar-refractivity contribution >= 4 is 5.91 Å². The second-order valence-corrected chi connectivity index (χ2v) is 4.53. The lowest BCUT2D eigenvalue weighted by Crippen LogP contribution is -2.26. The molecule has 2 aromatic heterocycles. The van der Waals surface area contributed by atoms with Crippen molar-refractivity contribution in [1.29, 1.82) is 0 Å². The van der Waals surface area contributed by atoms with Crippen LogP contribution in [-0.2, 0) is 0 Å². The molecule has 3 rings (SSSR count). The third-order valence-corrected chi connectivity index (χ3v) is 3.11. The Balaban J connectivity index is 1.70. The Morgan fingerprint density at radius 3 is 2.76 bits per heavy atom. The van der Waals surface area contributed by atoms with E-state index in [0.717, 1.165) is 11.3 Å². The van der Waals surface area contributed by atoms with Crippen LogP contribution in [0.5, 0.6) is 0 Å². The Bertz CT molecular complexity index is 704. The molecule has 0 aliphatic heterocycles. The van der Waals surface area contributed by atoms with Crippen LogP contribution >= 0.6 is 0 Å². The molecular weight excluding hydrogens is 270 g/mol. The van der Waals surface area contributed by atoms with Crippen LogP contribution < -0.4 is 5.32 Å². The number of rotatable bonds is 4. The fourth-order valence-electron chi connectivity index (χ4n) is 1.91. The van der Waals surface area contributed by atoms with E-state index in [1.54, 1.807) is 36.7 Å².